The molecule has 1 aromatic rings. The Hall–Kier alpha value is -0.970. The zero-order valence-electron chi connectivity index (χ0n) is 11.0. The molecular weight excluding hydrogens is 287 g/mol. The Morgan fingerprint density at radius 2 is 2.11 bits per heavy atom. The highest BCUT2D eigenvalue weighted by molar-refractivity contribution is 6.35. The third-order valence-corrected chi connectivity index (χ3v) is 2.95. The summed E-state index contributed by atoms with van der Waals surface area (Å²) in [6.45, 7) is 5.86. The number of carbonyl (C=O) groups excluding carboxylic acids is 1. The fraction of sp³-hybridized carbons (Fsp3) is 0.462. The van der Waals surface area contributed by atoms with Gasteiger partial charge in [0.05, 0.1) is 5.02 Å². The van der Waals surface area contributed by atoms with E-state index < -0.39 is 6.10 Å². The van der Waals surface area contributed by atoms with E-state index in [4.69, 9.17) is 27.9 Å². The second kappa shape index (κ2) is 8.25. The third-order valence-electron chi connectivity index (χ3n) is 2.42. The molecule has 0 fully saturated rings. The van der Waals surface area contributed by atoms with Gasteiger partial charge in [0.15, 0.2) is 6.10 Å². The van der Waals surface area contributed by atoms with Crippen LogP contribution in [0.25, 0.3) is 0 Å². The zero-order chi connectivity index (χ0) is 14.3. The molecule has 0 aromatic heterocycles. The second-order valence-corrected chi connectivity index (χ2v) is 4.82. The molecule has 106 valence electrons. The molecule has 6 heteroatoms. The van der Waals surface area contributed by atoms with E-state index in [1.807, 2.05) is 6.92 Å². The summed E-state index contributed by atoms with van der Waals surface area (Å²) in [7, 11) is 0. The van der Waals surface area contributed by atoms with Crippen molar-refractivity contribution in [3.63, 3.8) is 0 Å². The van der Waals surface area contributed by atoms with E-state index in [1.54, 1.807) is 25.1 Å². The van der Waals surface area contributed by atoms with Crippen LogP contribution < -0.4 is 15.4 Å². The lowest BCUT2D eigenvalue weighted by atomic mass is 10.3. The summed E-state index contributed by atoms with van der Waals surface area (Å²) in [5.41, 5.74) is 0. The molecule has 1 rings (SSSR count). The van der Waals surface area contributed by atoms with E-state index in [0.717, 1.165) is 13.1 Å². The Kier molecular flexibility index (Phi) is 6.99. The van der Waals surface area contributed by atoms with E-state index >= 15 is 0 Å². The summed E-state index contributed by atoms with van der Waals surface area (Å²) in [5, 5.41) is 6.81. The Morgan fingerprint density at radius 3 is 2.74 bits per heavy atom. The minimum atomic E-state index is -0.611. The fourth-order valence-electron chi connectivity index (χ4n) is 1.41. The van der Waals surface area contributed by atoms with Crippen LogP contribution in [0.5, 0.6) is 5.75 Å². The van der Waals surface area contributed by atoms with Crippen molar-refractivity contribution in [1.29, 1.82) is 0 Å². The van der Waals surface area contributed by atoms with Crippen molar-refractivity contribution in [3.8, 4) is 5.75 Å². The van der Waals surface area contributed by atoms with Crippen molar-refractivity contribution >= 4 is 29.1 Å². The Balaban J connectivity index is 2.45. The fourth-order valence-corrected chi connectivity index (χ4v) is 1.86. The molecule has 0 bridgehead atoms. The van der Waals surface area contributed by atoms with Gasteiger partial charge < -0.3 is 15.4 Å². The number of ether oxygens (including phenoxy) is 1. The van der Waals surface area contributed by atoms with E-state index in [2.05, 4.69) is 10.6 Å². The quantitative estimate of drug-likeness (QED) is 0.761. The molecule has 0 saturated carbocycles. The molecule has 0 radical (unpaired) electrons. The molecule has 0 heterocycles. The van der Waals surface area contributed by atoms with Crippen molar-refractivity contribution in [3.05, 3.63) is 28.2 Å². The van der Waals surface area contributed by atoms with Gasteiger partial charge in [-0.15, -0.1) is 0 Å². The average Bonchev–Trinajstić information content (AvgIpc) is 2.37. The van der Waals surface area contributed by atoms with Crippen LogP contribution in [0.3, 0.4) is 0 Å². The van der Waals surface area contributed by atoms with Crippen LogP contribution in [0, 0.1) is 0 Å². The number of likely N-dealkylation sites (N-methyl/N-ethyl adjacent to an activating group) is 1. The summed E-state index contributed by atoms with van der Waals surface area (Å²) < 4.78 is 5.50. The number of carbonyl (C=O) groups is 1. The first-order valence-electron chi connectivity index (χ1n) is 6.14. The summed E-state index contributed by atoms with van der Waals surface area (Å²) >= 11 is 11.8. The zero-order valence-corrected chi connectivity index (χ0v) is 12.5. The number of benzene rings is 1. The summed E-state index contributed by atoms with van der Waals surface area (Å²) in [6, 6.07) is 4.89. The first kappa shape index (κ1) is 16.1. The van der Waals surface area contributed by atoms with Gasteiger partial charge in [0.1, 0.15) is 5.75 Å². The number of nitrogens with one attached hydrogen (secondary N) is 2. The summed E-state index contributed by atoms with van der Waals surface area (Å²) in [6.07, 6.45) is -0.611. The molecule has 0 saturated heterocycles. The summed E-state index contributed by atoms with van der Waals surface area (Å²) in [4.78, 5) is 11.8. The first-order chi connectivity index (χ1) is 9.04. The molecule has 1 amide bonds. The average molecular weight is 305 g/mol. The van der Waals surface area contributed by atoms with Crippen molar-refractivity contribution in [1.82, 2.24) is 10.6 Å². The lowest BCUT2D eigenvalue weighted by Gasteiger charge is -2.15. The number of halogens is 2. The van der Waals surface area contributed by atoms with Crippen LogP contribution in [0.15, 0.2) is 18.2 Å². The molecule has 2 N–H and O–H groups in total. The number of amides is 1. The highest BCUT2D eigenvalue weighted by atomic mass is 35.5. The molecule has 4 nitrogen and oxygen atoms in total. The smallest absolute Gasteiger partial charge is 0.260 e. The highest BCUT2D eigenvalue weighted by Crippen LogP contribution is 2.28. The Morgan fingerprint density at radius 1 is 1.37 bits per heavy atom. The maximum atomic E-state index is 11.8. The standard InChI is InChI=1S/C13H18Cl2N2O2/c1-3-16-6-7-17-13(18)9(2)19-12-5-4-10(14)8-11(12)15/h4-5,8-9,16H,3,6-7H2,1-2H3,(H,17,18). The second-order valence-electron chi connectivity index (χ2n) is 3.98. The molecule has 0 aliphatic rings. The molecule has 0 aliphatic carbocycles. The molecule has 19 heavy (non-hydrogen) atoms. The normalized spacial score (nSPS) is 12.0. The van der Waals surface area contributed by atoms with Crippen LogP contribution in [0.2, 0.25) is 10.0 Å². The monoisotopic (exact) mass is 304 g/mol. The van der Waals surface area contributed by atoms with E-state index in [0.29, 0.717) is 22.3 Å². The maximum absolute atomic E-state index is 11.8. The largest absolute Gasteiger partial charge is 0.479 e. The number of hydrogen-bond acceptors (Lipinski definition) is 3. The predicted molar refractivity (Wildman–Crippen MR) is 78.1 cm³/mol. The van der Waals surface area contributed by atoms with Gasteiger partial charge in [-0.3, -0.25) is 4.79 Å². The van der Waals surface area contributed by atoms with Gasteiger partial charge in [-0.05, 0) is 31.7 Å². The molecule has 0 spiro atoms. The van der Waals surface area contributed by atoms with Crippen molar-refractivity contribution in [2.45, 2.75) is 20.0 Å². The third kappa shape index (κ3) is 5.68. The van der Waals surface area contributed by atoms with E-state index in [-0.39, 0.29) is 5.91 Å². The first-order valence-corrected chi connectivity index (χ1v) is 6.90. The van der Waals surface area contributed by atoms with Crippen LogP contribution in [0.1, 0.15) is 13.8 Å². The molecule has 1 unspecified atom stereocenters. The van der Waals surface area contributed by atoms with Crippen LogP contribution in [-0.2, 0) is 4.79 Å². The highest BCUT2D eigenvalue weighted by Gasteiger charge is 2.15. The SMILES string of the molecule is CCNCCNC(=O)C(C)Oc1ccc(Cl)cc1Cl. The van der Waals surface area contributed by atoms with Crippen molar-refractivity contribution < 1.29 is 9.53 Å². The lowest BCUT2D eigenvalue weighted by Crippen LogP contribution is -2.39. The minimum Gasteiger partial charge on any atom is -0.479 e. The van der Waals surface area contributed by atoms with Gasteiger partial charge in [-0.25, -0.2) is 0 Å². The molecule has 1 atom stereocenters. The van der Waals surface area contributed by atoms with Gasteiger partial charge in [0.2, 0.25) is 0 Å². The van der Waals surface area contributed by atoms with Gasteiger partial charge in [-0.2, -0.15) is 0 Å². The Labute approximate surface area is 123 Å². The van der Waals surface area contributed by atoms with E-state index in [9.17, 15) is 4.79 Å². The van der Waals surface area contributed by atoms with Crippen LogP contribution in [-0.4, -0.2) is 31.6 Å². The predicted octanol–water partition coefficient (Wildman–Crippen LogP) is 2.49. The summed E-state index contributed by atoms with van der Waals surface area (Å²) in [5.74, 6) is 0.268. The van der Waals surface area contributed by atoms with Gasteiger partial charge in [0.25, 0.3) is 5.91 Å². The van der Waals surface area contributed by atoms with Gasteiger partial charge >= 0.3 is 0 Å². The van der Waals surface area contributed by atoms with Crippen molar-refractivity contribution in [2.75, 3.05) is 19.6 Å². The lowest BCUT2D eigenvalue weighted by molar-refractivity contribution is -0.127. The maximum Gasteiger partial charge on any atom is 0.260 e. The Bertz CT molecular complexity index is 427. The van der Waals surface area contributed by atoms with Crippen LogP contribution in [0.4, 0.5) is 0 Å². The molecule has 0 aliphatic heterocycles. The van der Waals surface area contributed by atoms with Gasteiger partial charge in [-0.1, -0.05) is 30.1 Å². The van der Waals surface area contributed by atoms with Crippen molar-refractivity contribution in [2.24, 2.45) is 0 Å². The van der Waals surface area contributed by atoms with Crippen LogP contribution >= 0.6 is 23.2 Å². The number of rotatable bonds is 7. The van der Waals surface area contributed by atoms with E-state index in [1.165, 1.54) is 0 Å². The molecule has 1 aromatic carbocycles. The number of hydrogen-bond donors (Lipinski definition) is 2. The topological polar surface area (TPSA) is 50.4 Å². The van der Waals surface area contributed by atoms with Gasteiger partial charge in [0, 0.05) is 18.1 Å². The molecular formula is C13H18Cl2N2O2. The minimum absolute atomic E-state index is 0.177.